The zero-order valence-corrected chi connectivity index (χ0v) is 24.1. The van der Waals surface area contributed by atoms with Crippen molar-refractivity contribution in [2.24, 2.45) is 0 Å². The smallest absolute Gasteiger partial charge is 0.165 e. The van der Waals surface area contributed by atoms with Crippen LogP contribution in [0.2, 0.25) is 0 Å². The first kappa shape index (κ1) is 25.3. The van der Waals surface area contributed by atoms with Crippen molar-refractivity contribution in [2.75, 3.05) is 0 Å². The molecule has 0 radical (unpaired) electrons. The summed E-state index contributed by atoms with van der Waals surface area (Å²) in [7, 11) is 0. The van der Waals surface area contributed by atoms with Crippen LogP contribution in [-0.2, 0) is 0 Å². The fourth-order valence-corrected chi connectivity index (χ4v) is 6.10. The number of furan rings is 1. The van der Waals surface area contributed by atoms with Gasteiger partial charge in [-0.25, -0.2) is 15.0 Å². The predicted octanol–water partition coefficient (Wildman–Crippen LogP) is 10.1. The number of fused-ring (bicyclic) bond motifs is 5. The van der Waals surface area contributed by atoms with Crippen LogP contribution in [0.1, 0.15) is 0 Å². The molecule has 5 heteroatoms. The van der Waals surface area contributed by atoms with Crippen molar-refractivity contribution in [3.63, 3.8) is 0 Å². The number of aromatic nitrogens is 4. The molecule has 0 aliphatic carbocycles. The summed E-state index contributed by atoms with van der Waals surface area (Å²) in [6.07, 6.45) is 1.86. The Morgan fingerprint density at radius 1 is 0.422 bits per heavy atom. The van der Waals surface area contributed by atoms with E-state index in [0.29, 0.717) is 17.5 Å². The summed E-state index contributed by atoms with van der Waals surface area (Å²) in [5, 5.41) is 5.32. The molecule has 0 N–H and O–H groups in total. The van der Waals surface area contributed by atoms with Crippen LogP contribution >= 0.6 is 0 Å². The molecule has 0 atom stereocenters. The molecule has 9 rings (SSSR count). The van der Waals surface area contributed by atoms with Crippen LogP contribution in [0, 0.1) is 0 Å². The number of hydrogen-bond acceptors (Lipinski definition) is 5. The molecule has 3 aromatic heterocycles. The standard InChI is InChI=1S/C40H24N4O/c1-2-9-25(10-3-1)28-18-19-29-22-31(24-41-34(29)23-28)39-42-38(30-20-17-26-11-4-5-12-27(26)21-30)43-40(44-39)33-14-8-16-36-37(33)32-13-6-7-15-35(32)45-36/h1-24H. The first-order valence-corrected chi connectivity index (χ1v) is 14.9. The number of pyridine rings is 1. The van der Waals surface area contributed by atoms with Crippen molar-refractivity contribution in [1.82, 2.24) is 19.9 Å². The maximum Gasteiger partial charge on any atom is 0.165 e. The Kier molecular flexibility index (Phi) is 5.74. The summed E-state index contributed by atoms with van der Waals surface area (Å²) in [5.74, 6) is 1.75. The van der Waals surface area contributed by atoms with Crippen LogP contribution in [0.15, 0.2) is 150 Å². The van der Waals surface area contributed by atoms with Gasteiger partial charge in [0.1, 0.15) is 11.2 Å². The van der Waals surface area contributed by atoms with Crippen LogP contribution in [-0.4, -0.2) is 19.9 Å². The third-order valence-electron chi connectivity index (χ3n) is 8.34. The summed E-state index contributed by atoms with van der Waals surface area (Å²) in [4.78, 5) is 20.0. The summed E-state index contributed by atoms with van der Waals surface area (Å²) < 4.78 is 6.20. The lowest BCUT2D eigenvalue weighted by Gasteiger charge is -2.10. The number of hydrogen-bond donors (Lipinski definition) is 0. The number of benzene rings is 6. The quantitative estimate of drug-likeness (QED) is 0.209. The fourth-order valence-electron chi connectivity index (χ4n) is 6.10. The third-order valence-corrected chi connectivity index (χ3v) is 8.34. The predicted molar refractivity (Wildman–Crippen MR) is 182 cm³/mol. The highest BCUT2D eigenvalue weighted by molar-refractivity contribution is 6.11. The monoisotopic (exact) mass is 576 g/mol. The number of para-hydroxylation sites is 1. The van der Waals surface area contributed by atoms with Crippen molar-refractivity contribution >= 4 is 43.6 Å². The average molecular weight is 577 g/mol. The van der Waals surface area contributed by atoms with Crippen LogP contribution in [0.25, 0.3) is 88.9 Å². The lowest BCUT2D eigenvalue weighted by molar-refractivity contribution is 0.669. The fraction of sp³-hybridized carbons (Fsp3) is 0. The summed E-state index contributed by atoms with van der Waals surface area (Å²) >= 11 is 0. The van der Waals surface area contributed by atoms with E-state index in [1.807, 2.05) is 66.9 Å². The minimum absolute atomic E-state index is 0.564. The summed E-state index contributed by atoms with van der Waals surface area (Å²) in [5.41, 5.74) is 7.47. The van der Waals surface area contributed by atoms with Crippen molar-refractivity contribution in [3.05, 3.63) is 146 Å². The third kappa shape index (κ3) is 4.41. The minimum atomic E-state index is 0.564. The lowest BCUT2D eigenvalue weighted by atomic mass is 10.0. The second kappa shape index (κ2) is 10.2. The molecule has 210 valence electrons. The van der Waals surface area contributed by atoms with Gasteiger partial charge in [0.05, 0.1) is 5.52 Å². The van der Waals surface area contributed by atoms with Crippen molar-refractivity contribution in [3.8, 4) is 45.3 Å². The van der Waals surface area contributed by atoms with Gasteiger partial charge in [-0.15, -0.1) is 0 Å². The molecule has 0 aliphatic rings. The molecular formula is C40H24N4O. The first-order valence-electron chi connectivity index (χ1n) is 14.9. The van der Waals surface area contributed by atoms with Crippen LogP contribution < -0.4 is 0 Å². The topological polar surface area (TPSA) is 64.7 Å². The van der Waals surface area contributed by atoms with Gasteiger partial charge in [0, 0.05) is 39.0 Å². The van der Waals surface area contributed by atoms with Gasteiger partial charge in [0.25, 0.3) is 0 Å². The Morgan fingerprint density at radius 2 is 1.11 bits per heavy atom. The molecule has 45 heavy (non-hydrogen) atoms. The maximum atomic E-state index is 6.20. The molecule has 0 saturated heterocycles. The SMILES string of the molecule is c1ccc(-c2ccc3cc(-c4nc(-c5ccc6ccccc6c5)nc(-c5cccc6oc7ccccc7c56)n4)cnc3c2)cc1. The zero-order chi connectivity index (χ0) is 29.7. The van der Waals surface area contributed by atoms with E-state index in [1.54, 1.807) is 0 Å². The van der Waals surface area contributed by atoms with Gasteiger partial charge in [-0.1, -0.05) is 109 Å². The Balaban J connectivity index is 1.25. The average Bonchev–Trinajstić information content (AvgIpc) is 3.50. The Bertz CT molecular complexity index is 2550. The van der Waals surface area contributed by atoms with Gasteiger partial charge in [-0.05, 0) is 52.2 Å². The molecule has 5 nitrogen and oxygen atoms in total. The molecule has 0 aliphatic heterocycles. The van der Waals surface area contributed by atoms with Crippen molar-refractivity contribution in [2.45, 2.75) is 0 Å². The molecule has 0 fully saturated rings. The van der Waals surface area contributed by atoms with Crippen molar-refractivity contribution in [1.29, 1.82) is 0 Å². The molecule has 0 bridgehead atoms. The van der Waals surface area contributed by atoms with E-state index in [1.165, 1.54) is 5.39 Å². The molecule has 6 aromatic carbocycles. The second-order valence-electron chi connectivity index (χ2n) is 11.1. The molecule has 0 unspecified atom stereocenters. The number of rotatable bonds is 4. The Morgan fingerprint density at radius 3 is 2.02 bits per heavy atom. The molecule has 0 saturated carbocycles. The molecule has 0 amide bonds. The normalized spacial score (nSPS) is 11.6. The Labute approximate surface area is 258 Å². The highest BCUT2D eigenvalue weighted by atomic mass is 16.3. The molecule has 0 spiro atoms. The van der Waals surface area contributed by atoms with Crippen LogP contribution in [0.4, 0.5) is 0 Å². The van der Waals surface area contributed by atoms with Gasteiger partial charge < -0.3 is 4.42 Å². The van der Waals surface area contributed by atoms with Crippen LogP contribution in [0.5, 0.6) is 0 Å². The summed E-state index contributed by atoms with van der Waals surface area (Å²) in [6, 6.07) is 47.6. The van der Waals surface area contributed by atoms with E-state index in [9.17, 15) is 0 Å². The minimum Gasteiger partial charge on any atom is -0.456 e. The second-order valence-corrected chi connectivity index (χ2v) is 11.1. The Hall–Kier alpha value is -6.20. The van der Waals surface area contributed by atoms with E-state index in [0.717, 1.165) is 66.0 Å². The van der Waals surface area contributed by atoms with E-state index in [2.05, 4.69) is 78.9 Å². The van der Waals surface area contributed by atoms with Gasteiger partial charge >= 0.3 is 0 Å². The highest BCUT2D eigenvalue weighted by Gasteiger charge is 2.18. The maximum absolute atomic E-state index is 6.20. The van der Waals surface area contributed by atoms with E-state index in [4.69, 9.17) is 24.4 Å². The zero-order valence-electron chi connectivity index (χ0n) is 24.1. The largest absolute Gasteiger partial charge is 0.456 e. The summed E-state index contributed by atoms with van der Waals surface area (Å²) in [6.45, 7) is 0. The van der Waals surface area contributed by atoms with Crippen LogP contribution in [0.3, 0.4) is 0 Å². The highest BCUT2D eigenvalue weighted by Crippen LogP contribution is 2.37. The van der Waals surface area contributed by atoms with Crippen molar-refractivity contribution < 1.29 is 4.42 Å². The first-order chi connectivity index (χ1) is 22.3. The number of nitrogens with zero attached hydrogens (tertiary/aromatic N) is 4. The van der Waals surface area contributed by atoms with Gasteiger partial charge in [-0.2, -0.15) is 0 Å². The van der Waals surface area contributed by atoms with E-state index >= 15 is 0 Å². The molecule has 9 aromatic rings. The van der Waals surface area contributed by atoms with Gasteiger partial charge in [0.2, 0.25) is 0 Å². The molecule has 3 heterocycles. The van der Waals surface area contributed by atoms with Gasteiger partial charge in [0.15, 0.2) is 17.5 Å². The lowest BCUT2D eigenvalue weighted by Crippen LogP contribution is -2.01. The molecular weight excluding hydrogens is 552 g/mol. The van der Waals surface area contributed by atoms with E-state index in [-0.39, 0.29) is 0 Å². The van der Waals surface area contributed by atoms with E-state index < -0.39 is 0 Å². The van der Waals surface area contributed by atoms with Gasteiger partial charge in [-0.3, -0.25) is 4.98 Å².